The Balaban J connectivity index is 2.37. The van der Waals surface area contributed by atoms with Gasteiger partial charge in [0.2, 0.25) is 10.0 Å². The highest BCUT2D eigenvalue weighted by Gasteiger charge is 2.28. The van der Waals surface area contributed by atoms with Crippen LogP contribution in [-0.2, 0) is 10.0 Å². The Hall–Kier alpha value is -1.43. The molecule has 0 radical (unpaired) electrons. The molecular weight excluding hydrogens is 286 g/mol. The molecule has 2 aromatic carbocycles. The van der Waals surface area contributed by atoms with Gasteiger partial charge in [0, 0.05) is 12.1 Å². The van der Waals surface area contributed by atoms with E-state index in [2.05, 4.69) is 4.72 Å². The van der Waals surface area contributed by atoms with Crippen LogP contribution in [-0.4, -0.2) is 25.7 Å². The lowest BCUT2D eigenvalue weighted by atomic mass is 9.97. The zero-order chi connectivity index (χ0) is 15.5. The summed E-state index contributed by atoms with van der Waals surface area (Å²) in [6.45, 7) is 3.66. The molecule has 0 spiro atoms. The number of hydrogen-bond donors (Lipinski definition) is 2. The molecular formula is C16H21NO3S. The lowest BCUT2D eigenvalue weighted by molar-refractivity contribution is 0.233. The molecule has 0 bridgehead atoms. The van der Waals surface area contributed by atoms with Crippen LogP contribution >= 0.6 is 0 Å². The van der Waals surface area contributed by atoms with Crippen molar-refractivity contribution in [2.75, 3.05) is 6.61 Å². The van der Waals surface area contributed by atoms with E-state index in [1.807, 2.05) is 38.1 Å². The first-order valence-corrected chi connectivity index (χ1v) is 8.52. The molecule has 2 aromatic rings. The van der Waals surface area contributed by atoms with Gasteiger partial charge >= 0.3 is 0 Å². The molecule has 21 heavy (non-hydrogen) atoms. The number of rotatable bonds is 6. The first-order chi connectivity index (χ1) is 9.90. The van der Waals surface area contributed by atoms with Crippen molar-refractivity contribution in [2.24, 2.45) is 0 Å². The quantitative estimate of drug-likeness (QED) is 0.862. The highest BCUT2D eigenvalue weighted by Crippen LogP contribution is 2.22. The second-order valence-electron chi connectivity index (χ2n) is 5.50. The minimum Gasteiger partial charge on any atom is -0.396 e. The van der Waals surface area contributed by atoms with Crippen LogP contribution in [0.4, 0.5) is 0 Å². The van der Waals surface area contributed by atoms with Gasteiger partial charge in [0.25, 0.3) is 0 Å². The maximum atomic E-state index is 12.5. The highest BCUT2D eigenvalue weighted by molar-refractivity contribution is 7.89. The van der Waals surface area contributed by atoms with Crippen molar-refractivity contribution in [3.63, 3.8) is 0 Å². The standard InChI is InChI=1S/C16H21NO3S/c1-3-16(2,10-11-18)17-21(19,20)15-9-8-13-6-4-5-7-14(13)12-15/h4-9,12,17-18H,3,10-11H2,1-2H3. The molecule has 0 saturated carbocycles. The van der Waals surface area contributed by atoms with Gasteiger partial charge in [-0.2, -0.15) is 0 Å². The van der Waals surface area contributed by atoms with Crippen molar-refractivity contribution in [1.29, 1.82) is 0 Å². The van der Waals surface area contributed by atoms with Crippen molar-refractivity contribution < 1.29 is 13.5 Å². The van der Waals surface area contributed by atoms with E-state index in [0.717, 1.165) is 10.8 Å². The fourth-order valence-corrected chi connectivity index (χ4v) is 3.81. The number of fused-ring (bicyclic) bond motifs is 1. The molecule has 2 N–H and O–H groups in total. The van der Waals surface area contributed by atoms with Crippen LogP contribution in [0.5, 0.6) is 0 Å². The van der Waals surface area contributed by atoms with E-state index < -0.39 is 15.6 Å². The van der Waals surface area contributed by atoms with Crippen molar-refractivity contribution in [3.8, 4) is 0 Å². The van der Waals surface area contributed by atoms with E-state index in [9.17, 15) is 8.42 Å². The van der Waals surface area contributed by atoms with Gasteiger partial charge in [-0.15, -0.1) is 0 Å². The summed E-state index contributed by atoms with van der Waals surface area (Å²) < 4.78 is 27.8. The second kappa shape index (κ2) is 6.13. The van der Waals surface area contributed by atoms with Gasteiger partial charge < -0.3 is 5.11 Å². The van der Waals surface area contributed by atoms with E-state index in [1.54, 1.807) is 18.2 Å². The SMILES string of the molecule is CCC(C)(CCO)NS(=O)(=O)c1ccc2ccccc2c1. The largest absolute Gasteiger partial charge is 0.396 e. The summed E-state index contributed by atoms with van der Waals surface area (Å²) >= 11 is 0. The lowest BCUT2D eigenvalue weighted by Crippen LogP contribution is -2.46. The third-order valence-corrected chi connectivity index (χ3v) is 5.49. The number of nitrogens with one attached hydrogen (secondary N) is 1. The van der Waals surface area contributed by atoms with Crippen LogP contribution in [0, 0.1) is 0 Å². The zero-order valence-corrected chi connectivity index (χ0v) is 13.2. The molecule has 1 atom stereocenters. The lowest BCUT2D eigenvalue weighted by Gasteiger charge is -2.28. The predicted octanol–water partition coefficient (Wildman–Crippen LogP) is 2.67. The predicted molar refractivity (Wildman–Crippen MR) is 84.7 cm³/mol. The molecule has 4 nitrogen and oxygen atoms in total. The first-order valence-electron chi connectivity index (χ1n) is 7.04. The summed E-state index contributed by atoms with van der Waals surface area (Å²) in [4.78, 5) is 0.249. The highest BCUT2D eigenvalue weighted by atomic mass is 32.2. The Morgan fingerprint density at radius 1 is 1.14 bits per heavy atom. The smallest absolute Gasteiger partial charge is 0.241 e. The van der Waals surface area contributed by atoms with E-state index in [0.29, 0.717) is 12.8 Å². The number of hydrogen-bond acceptors (Lipinski definition) is 3. The van der Waals surface area contributed by atoms with Crippen molar-refractivity contribution >= 4 is 20.8 Å². The van der Waals surface area contributed by atoms with Crippen LogP contribution in [0.2, 0.25) is 0 Å². The van der Waals surface area contributed by atoms with Crippen LogP contribution in [0.25, 0.3) is 10.8 Å². The van der Waals surface area contributed by atoms with Gasteiger partial charge in [-0.25, -0.2) is 13.1 Å². The maximum Gasteiger partial charge on any atom is 0.241 e. The van der Waals surface area contributed by atoms with Crippen molar-refractivity contribution in [1.82, 2.24) is 4.72 Å². The number of aliphatic hydroxyl groups is 1. The molecule has 114 valence electrons. The average Bonchev–Trinajstić information content (AvgIpc) is 2.46. The topological polar surface area (TPSA) is 66.4 Å². The molecule has 0 aliphatic rings. The van der Waals surface area contributed by atoms with Crippen molar-refractivity contribution in [2.45, 2.75) is 37.1 Å². The van der Waals surface area contributed by atoms with Gasteiger partial charge in [-0.05, 0) is 42.7 Å². The van der Waals surface area contributed by atoms with Gasteiger partial charge in [-0.1, -0.05) is 37.3 Å². The van der Waals surface area contributed by atoms with Gasteiger partial charge in [-0.3, -0.25) is 0 Å². The van der Waals surface area contributed by atoms with Crippen LogP contribution in [0.3, 0.4) is 0 Å². The Morgan fingerprint density at radius 2 is 1.81 bits per heavy atom. The number of benzene rings is 2. The fraction of sp³-hybridized carbons (Fsp3) is 0.375. The monoisotopic (exact) mass is 307 g/mol. The summed E-state index contributed by atoms with van der Waals surface area (Å²) in [5.41, 5.74) is -0.640. The summed E-state index contributed by atoms with van der Waals surface area (Å²) in [6, 6.07) is 12.7. The fourth-order valence-electron chi connectivity index (χ4n) is 2.26. The molecule has 0 aliphatic carbocycles. The van der Waals surface area contributed by atoms with Gasteiger partial charge in [0.15, 0.2) is 0 Å². The molecule has 1 unspecified atom stereocenters. The number of aliphatic hydroxyl groups excluding tert-OH is 1. The minimum atomic E-state index is -3.60. The third-order valence-electron chi connectivity index (χ3n) is 3.86. The summed E-state index contributed by atoms with van der Waals surface area (Å²) in [7, 11) is -3.60. The molecule has 2 rings (SSSR count). The average molecular weight is 307 g/mol. The molecule has 0 aromatic heterocycles. The molecule has 0 amide bonds. The third kappa shape index (κ3) is 3.61. The van der Waals surface area contributed by atoms with Crippen LogP contribution in [0.1, 0.15) is 26.7 Å². The van der Waals surface area contributed by atoms with E-state index in [1.165, 1.54) is 0 Å². The van der Waals surface area contributed by atoms with Gasteiger partial charge in [0.1, 0.15) is 0 Å². The van der Waals surface area contributed by atoms with Crippen LogP contribution < -0.4 is 4.72 Å². The molecule has 0 saturated heterocycles. The summed E-state index contributed by atoms with van der Waals surface area (Å²) in [5.74, 6) is 0. The molecule has 0 aliphatic heterocycles. The first kappa shape index (κ1) is 15.9. The Morgan fingerprint density at radius 3 is 2.43 bits per heavy atom. The Kier molecular flexibility index (Phi) is 4.66. The van der Waals surface area contributed by atoms with Crippen LogP contribution in [0.15, 0.2) is 47.4 Å². The van der Waals surface area contributed by atoms with E-state index in [4.69, 9.17) is 5.11 Å². The van der Waals surface area contributed by atoms with Crippen molar-refractivity contribution in [3.05, 3.63) is 42.5 Å². The normalized spacial score (nSPS) is 15.0. The molecule has 0 heterocycles. The van der Waals surface area contributed by atoms with Gasteiger partial charge in [0.05, 0.1) is 4.90 Å². The molecule has 0 fully saturated rings. The zero-order valence-electron chi connectivity index (χ0n) is 12.3. The van der Waals surface area contributed by atoms with E-state index >= 15 is 0 Å². The Bertz CT molecular complexity index is 727. The Labute approximate surface area is 125 Å². The summed E-state index contributed by atoms with van der Waals surface area (Å²) in [6.07, 6.45) is 0.997. The second-order valence-corrected chi connectivity index (χ2v) is 7.18. The number of sulfonamides is 1. The summed E-state index contributed by atoms with van der Waals surface area (Å²) in [5, 5.41) is 11.0. The maximum absolute atomic E-state index is 12.5. The van der Waals surface area contributed by atoms with E-state index in [-0.39, 0.29) is 11.5 Å². The molecule has 5 heteroatoms. The minimum absolute atomic E-state index is 0.0510.